The van der Waals surface area contributed by atoms with Crippen LogP contribution in [0.4, 0.5) is 0 Å². The smallest absolute Gasteiger partial charge is 0.221 e. The molecule has 0 saturated carbocycles. The summed E-state index contributed by atoms with van der Waals surface area (Å²) < 4.78 is 0. The van der Waals surface area contributed by atoms with Gasteiger partial charge in [-0.15, -0.1) is 0 Å². The van der Waals surface area contributed by atoms with E-state index < -0.39 is 0 Å². The number of fused-ring (bicyclic) bond motifs is 1. The van der Waals surface area contributed by atoms with Gasteiger partial charge in [0.2, 0.25) is 5.91 Å². The van der Waals surface area contributed by atoms with Crippen LogP contribution < -0.4 is 5.32 Å². The van der Waals surface area contributed by atoms with Gasteiger partial charge in [0.1, 0.15) is 0 Å². The lowest BCUT2D eigenvalue weighted by molar-refractivity contribution is -0.123. The van der Waals surface area contributed by atoms with Gasteiger partial charge in [-0.05, 0) is 23.0 Å². The predicted octanol–water partition coefficient (Wildman–Crippen LogP) is 3.60. The summed E-state index contributed by atoms with van der Waals surface area (Å²) in [4.78, 5) is 12.3. The fourth-order valence-electron chi connectivity index (χ4n) is 2.42. The average molecular weight is 310 g/mol. The molecular formula is C15H20BrNO. The van der Waals surface area contributed by atoms with Crippen LogP contribution >= 0.6 is 15.9 Å². The third-order valence-corrected chi connectivity index (χ3v) is 4.03. The highest BCUT2D eigenvalue weighted by Gasteiger charge is 2.32. The first-order valence-electron chi connectivity index (χ1n) is 6.38. The largest absolute Gasteiger partial charge is 0.348 e. The minimum atomic E-state index is 0.0318. The van der Waals surface area contributed by atoms with E-state index in [0.29, 0.717) is 11.2 Å². The van der Waals surface area contributed by atoms with E-state index in [4.69, 9.17) is 0 Å². The lowest BCUT2D eigenvalue weighted by Gasteiger charge is -2.22. The fraction of sp³-hybridized carbons (Fsp3) is 0.533. The molecule has 2 rings (SSSR count). The van der Waals surface area contributed by atoms with E-state index in [1.165, 1.54) is 11.1 Å². The van der Waals surface area contributed by atoms with Crippen molar-refractivity contribution in [2.45, 2.75) is 44.5 Å². The van der Waals surface area contributed by atoms with Crippen molar-refractivity contribution >= 4 is 21.8 Å². The van der Waals surface area contributed by atoms with E-state index in [0.717, 1.165) is 6.42 Å². The Bertz CT molecular complexity index is 450. The van der Waals surface area contributed by atoms with Gasteiger partial charge in [0, 0.05) is 11.2 Å². The second kappa shape index (κ2) is 5.04. The maximum Gasteiger partial charge on any atom is 0.221 e. The number of carbonyl (C=O) groups excluding carboxylic acids is 1. The van der Waals surface area contributed by atoms with E-state index in [1.54, 1.807) is 0 Å². The summed E-state index contributed by atoms with van der Waals surface area (Å²) in [5.74, 6) is 0.133. The highest BCUT2D eigenvalue weighted by molar-refractivity contribution is 9.09. The van der Waals surface area contributed by atoms with Gasteiger partial charge in [0.05, 0.1) is 6.04 Å². The zero-order chi connectivity index (χ0) is 13.3. The van der Waals surface area contributed by atoms with Crippen LogP contribution in [-0.2, 0) is 11.2 Å². The van der Waals surface area contributed by atoms with Crippen molar-refractivity contribution in [2.75, 3.05) is 0 Å². The van der Waals surface area contributed by atoms with Crippen molar-refractivity contribution in [3.8, 4) is 0 Å². The Kier molecular flexibility index (Phi) is 3.81. The SMILES string of the molecule is CC(C)(C)CC(=O)NC1c2ccccc2CC1Br. The first kappa shape index (κ1) is 13.6. The number of alkyl halides is 1. The highest BCUT2D eigenvalue weighted by Crippen LogP contribution is 2.36. The van der Waals surface area contributed by atoms with Crippen molar-refractivity contribution in [3.05, 3.63) is 35.4 Å². The first-order chi connectivity index (χ1) is 8.37. The van der Waals surface area contributed by atoms with Gasteiger partial charge < -0.3 is 5.32 Å². The minimum Gasteiger partial charge on any atom is -0.348 e. The number of carbonyl (C=O) groups is 1. The van der Waals surface area contributed by atoms with Crippen LogP contribution in [0.1, 0.15) is 44.4 Å². The molecular weight excluding hydrogens is 290 g/mol. The molecule has 1 aliphatic carbocycles. The molecule has 98 valence electrons. The number of amides is 1. The normalized spacial score (nSPS) is 22.7. The molecule has 1 N–H and O–H groups in total. The molecule has 0 bridgehead atoms. The maximum atomic E-state index is 12.0. The molecule has 3 heteroatoms. The Labute approximate surface area is 117 Å². The molecule has 2 unspecified atom stereocenters. The molecule has 18 heavy (non-hydrogen) atoms. The Morgan fingerprint density at radius 3 is 2.72 bits per heavy atom. The molecule has 0 aliphatic heterocycles. The van der Waals surface area contributed by atoms with Gasteiger partial charge >= 0.3 is 0 Å². The molecule has 2 nitrogen and oxygen atoms in total. The Morgan fingerprint density at radius 1 is 1.39 bits per heavy atom. The van der Waals surface area contributed by atoms with E-state index in [9.17, 15) is 4.79 Å². The second-order valence-corrected chi connectivity index (χ2v) is 7.38. The predicted molar refractivity (Wildman–Crippen MR) is 77.8 cm³/mol. The van der Waals surface area contributed by atoms with Crippen molar-refractivity contribution < 1.29 is 4.79 Å². The summed E-state index contributed by atoms with van der Waals surface area (Å²) in [6, 6.07) is 8.44. The van der Waals surface area contributed by atoms with Gasteiger partial charge in [-0.3, -0.25) is 4.79 Å². The zero-order valence-corrected chi connectivity index (χ0v) is 12.8. The van der Waals surface area contributed by atoms with Gasteiger partial charge in [0.15, 0.2) is 0 Å². The van der Waals surface area contributed by atoms with Gasteiger partial charge in [-0.25, -0.2) is 0 Å². The summed E-state index contributed by atoms with van der Waals surface area (Å²) in [6.45, 7) is 6.25. The van der Waals surface area contributed by atoms with E-state index in [1.807, 2.05) is 6.07 Å². The summed E-state index contributed by atoms with van der Waals surface area (Å²) in [5.41, 5.74) is 2.62. The quantitative estimate of drug-likeness (QED) is 0.831. The van der Waals surface area contributed by atoms with Crippen LogP contribution in [0.3, 0.4) is 0 Å². The zero-order valence-electron chi connectivity index (χ0n) is 11.2. The van der Waals surface area contributed by atoms with Crippen LogP contribution in [-0.4, -0.2) is 10.7 Å². The van der Waals surface area contributed by atoms with Gasteiger partial charge in [0.25, 0.3) is 0 Å². The number of benzene rings is 1. The second-order valence-electron chi connectivity index (χ2n) is 6.20. The third kappa shape index (κ3) is 3.14. The molecule has 2 atom stereocenters. The molecule has 0 saturated heterocycles. The maximum absolute atomic E-state index is 12.0. The topological polar surface area (TPSA) is 29.1 Å². The van der Waals surface area contributed by atoms with Gasteiger partial charge in [-0.1, -0.05) is 61.0 Å². The molecule has 1 aromatic carbocycles. The molecule has 1 aromatic rings. The van der Waals surface area contributed by atoms with E-state index >= 15 is 0 Å². The summed E-state index contributed by atoms with van der Waals surface area (Å²) in [6.07, 6.45) is 1.54. The highest BCUT2D eigenvalue weighted by atomic mass is 79.9. The van der Waals surface area contributed by atoms with Gasteiger partial charge in [-0.2, -0.15) is 0 Å². The molecule has 0 radical (unpaired) electrons. The van der Waals surface area contributed by atoms with Crippen LogP contribution in [0.5, 0.6) is 0 Å². The Balaban J connectivity index is 2.08. The number of rotatable bonds is 2. The molecule has 0 heterocycles. The fourth-order valence-corrected chi connectivity index (χ4v) is 3.19. The molecule has 0 fully saturated rings. The first-order valence-corrected chi connectivity index (χ1v) is 7.29. The average Bonchev–Trinajstić information content (AvgIpc) is 2.53. The van der Waals surface area contributed by atoms with Crippen molar-refractivity contribution in [3.63, 3.8) is 0 Å². The molecule has 0 spiro atoms. The monoisotopic (exact) mass is 309 g/mol. The van der Waals surface area contributed by atoms with Crippen LogP contribution in [0.25, 0.3) is 0 Å². The molecule has 1 aliphatic rings. The third-order valence-electron chi connectivity index (χ3n) is 3.17. The molecule has 0 aromatic heterocycles. The summed E-state index contributed by atoms with van der Waals surface area (Å²) >= 11 is 3.68. The number of hydrogen-bond acceptors (Lipinski definition) is 1. The number of hydrogen-bond donors (Lipinski definition) is 1. The summed E-state index contributed by atoms with van der Waals surface area (Å²) in [7, 11) is 0. The minimum absolute atomic E-state index is 0.0318. The van der Waals surface area contributed by atoms with Crippen LogP contribution in [0.2, 0.25) is 0 Å². The van der Waals surface area contributed by atoms with Crippen molar-refractivity contribution in [1.82, 2.24) is 5.32 Å². The standard InChI is InChI=1S/C15H20BrNO/c1-15(2,3)9-13(18)17-14-11-7-5-4-6-10(11)8-12(14)16/h4-7,12,14H,8-9H2,1-3H3,(H,17,18). The number of nitrogens with one attached hydrogen (secondary N) is 1. The van der Waals surface area contributed by atoms with Crippen LogP contribution in [0.15, 0.2) is 24.3 Å². The van der Waals surface area contributed by atoms with E-state index in [-0.39, 0.29) is 17.4 Å². The van der Waals surface area contributed by atoms with E-state index in [2.05, 4.69) is 60.2 Å². The Morgan fingerprint density at radius 2 is 2.06 bits per heavy atom. The van der Waals surface area contributed by atoms with Crippen molar-refractivity contribution in [2.24, 2.45) is 5.41 Å². The number of halogens is 1. The summed E-state index contributed by atoms with van der Waals surface area (Å²) in [5, 5.41) is 3.16. The Hall–Kier alpha value is -0.830. The molecule has 1 amide bonds. The van der Waals surface area contributed by atoms with Crippen LogP contribution in [0, 0.1) is 5.41 Å². The lowest BCUT2D eigenvalue weighted by Crippen LogP contribution is -2.33. The van der Waals surface area contributed by atoms with Crippen molar-refractivity contribution in [1.29, 1.82) is 0 Å². The lowest BCUT2D eigenvalue weighted by atomic mass is 9.91.